The van der Waals surface area contributed by atoms with Crippen molar-refractivity contribution < 1.29 is 0 Å². The lowest BCUT2D eigenvalue weighted by Crippen LogP contribution is -1.90. The summed E-state index contributed by atoms with van der Waals surface area (Å²) in [6.45, 7) is 0. The molecule has 0 spiro atoms. The summed E-state index contributed by atoms with van der Waals surface area (Å²) >= 11 is 0. The zero-order valence-electron chi connectivity index (χ0n) is 27.5. The van der Waals surface area contributed by atoms with Gasteiger partial charge in [-0.05, 0) is 117 Å². The number of rotatable bonds is 4. The Hall–Kier alpha value is -6.50. The van der Waals surface area contributed by atoms with Gasteiger partial charge in [0.1, 0.15) is 0 Å². The van der Waals surface area contributed by atoms with Crippen molar-refractivity contribution in [1.82, 2.24) is 0 Å². The monoisotopic (exact) mass is 632 g/mol. The van der Waals surface area contributed by atoms with Crippen LogP contribution in [0.1, 0.15) is 0 Å². The molecule has 0 heteroatoms. The predicted octanol–water partition coefficient (Wildman–Crippen LogP) is 14.1. The van der Waals surface area contributed by atoms with Crippen molar-refractivity contribution in [3.63, 3.8) is 0 Å². The van der Waals surface area contributed by atoms with Crippen molar-refractivity contribution in [3.8, 4) is 44.5 Å². The maximum absolute atomic E-state index is 2.43. The Balaban J connectivity index is 1.22. The maximum atomic E-state index is 2.43. The van der Waals surface area contributed by atoms with Gasteiger partial charge in [0.25, 0.3) is 0 Å². The van der Waals surface area contributed by atoms with E-state index in [9.17, 15) is 0 Å². The van der Waals surface area contributed by atoms with E-state index in [1.165, 1.54) is 98.4 Å². The fourth-order valence-electron chi connectivity index (χ4n) is 8.03. The Kier molecular flexibility index (Phi) is 6.60. The first-order chi connectivity index (χ1) is 24.8. The van der Waals surface area contributed by atoms with Crippen LogP contribution < -0.4 is 0 Å². The standard InChI is InChI=1S/C50H32/c1-3-12-33(13-4-1)35-22-24-36(25-23-35)37-16-11-17-38(30-37)40-27-29-44-43-28-26-39(34-14-5-2-6-15-34)31-47(43)49-45-20-9-7-18-41(45)42-19-8-10-21-46(42)50(49)48(44)32-40/h1-32H. The van der Waals surface area contributed by atoms with Gasteiger partial charge in [-0.3, -0.25) is 0 Å². The molecule has 0 radical (unpaired) electrons. The third-order valence-corrected chi connectivity index (χ3v) is 10.4. The lowest BCUT2D eigenvalue weighted by Gasteiger charge is -2.18. The molecule has 0 heterocycles. The van der Waals surface area contributed by atoms with Crippen LogP contribution in [-0.4, -0.2) is 0 Å². The van der Waals surface area contributed by atoms with Crippen molar-refractivity contribution in [2.24, 2.45) is 0 Å². The smallest absolute Gasteiger partial charge is 0.00137 e. The van der Waals surface area contributed by atoms with Crippen LogP contribution in [0.25, 0.3) is 98.4 Å². The molecule has 0 N–H and O–H groups in total. The molecule has 0 aliphatic carbocycles. The third-order valence-electron chi connectivity index (χ3n) is 10.4. The number of benzene rings is 10. The van der Waals surface area contributed by atoms with Crippen molar-refractivity contribution in [1.29, 1.82) is 0 Å². The van der Waals surface area contributed by atoms with Crippen LogP contribution in [0.2, 0.25) is 0 Å². The van der Waals surface area contributed by atoms with E-state index in [0.717, 1.165) is 0 Å². The van der Waals surface area contributed by atoms with Crippen molar-refractivity contribution in [3.05, 3.63) is 194 Å². The van der Waals surface area contributed by atoms with E-state index < -0.39 is 0 Å². The maximum Gasteiger partial charge on any atom is -0.00137 e. The Morgan fingerprint density at radius 3 is 0.980 bits per heavy atom. The van der Waals surface area contributed by atoms with Crippen LogP contribution in [0, 0.1) is 0 Å². The van der Waals surface area contributed by atoms with Crippen molar-refractivity contribution >= 4 is 53.9 Å². The molecule has 0 unspecified atom stereocenters. The van der Waals surface area contributed by atoms with Gasteiger partial charge in [-0.1, -0.05) is 176 Å². The fraction of sp³-hybridized carbons (Fsp3) is 0. The lowest BCUT2D eigenvalue weighted by molar-refractivity contribution is 1.58. The molecule has 10 aromatic carbocycles. The van der Waals surface area contributed by atoms with Crippen LogP contribution >= 0.6 is 0 Å². The minimum atomic E-state index is 1.22. The second kappa shape index (κ2) is 11.6. The molecule has 232 valence electrons. The minimum absolute atomic E-state index is 1.22. The fourth-order valence-corrected chi connectivity index (χ4v) is 8.03. The molecule has 0 saturated heterocycles. The van der Waals surface area contributed by atoms with E-state index >= 15 is 0 Å². The summed E-state index contributed by atoms with van der Waals surface area (Å²) in [5, 5.41) is 13.0. The molecule has 0 fully saturated rings. The summed E-state index contributed by atoms with van der Waals surface area (Å²) in [5.74, 6) is 0. The van der Waals surface area contributed by atoms with Gasteiger partial charge in [-0.25, -0.2) is 0 Å². The molecule has 10 aromatic rings. The average molecular weight is 633 g/mol. The van der Waals surface area contributed by atoms with Gasteiger partial charge in [-0.15, -0.1) is 0 Å². The van der Waals surface area contributed by atoms with Gasteiger partial charge >= 0.3 is 0 Å². The second-order valence-electron chi connectivity index (χ2n) is 13.3. The summed E-state index contributed by atoms with van der Waals surface area (Å²) < 4.78 is 0. The normalized spacial score (nSPS) is 11.6. The Labute approximate surface area is 291 Å². The molecule has 0 amide bonds. The second-order valence-corrected chi connectivity index (χ2v) is 13.3. The van der Waals surface area contributed by atoms with Gasteiger partial charge in [0.15, 0.2) is 0 Å². The summed E-state index contributed by atoms with van der Waals surface area (Å²) in [6, 6.07) is 71.2. The van der Waals surface area contributed by atoms with Crippen molar-refractivity contribution in [2.75, 3.05) is 0 Å². The third kappa shape index (κ3) is 4.61. The van der Waals surface area contributed by atoms with E-state index in [4.69, 9.17) is 0 Å². The Morgan fingerprint density at radius 1 is 0.160 bits per heavy atom. The van der Waals surface area contributed by atoms with E-state index in [1.54, 1.807) is 0 Å². The van der Waals surface area contributed by atoms with Crippen LogP contribution in [0.5, 0.6) is 0 Å². The number of hydrogen-bond donors (Lipinski definition) is 0. The van der Waals surface area contributed by atoms with Crippen LogP contribution in [0.3, 0.4) is 0 Å². The number of hydrogen-bond acceptors (Lipinski definition) is 0. The zero-order valence-corrected chi connectivity index (χ0v) is 27.5. The molecule has 0 aliphatic heterocycles. The van der Waals surface area contributed by atoms with Crippen molar-refractivity contribution in [2.45, 2.75) is 0 Å². The molecule has 0 aromatic heterocycles. The molecule has 0 saturated carbocycles. The molecular weight excluding hydrogens is 601 g/mol. The first kappa shape index (κ1) is 28.5. The highest BCUT2D eigenvalue weighted by molar-refractivity contribution is 6.39. The lowest BCUT2D eigenvalue weighted by atomic mass is 9.85. The predicted molar refractivity (Wildman–Crippen MR) is 216 cm³/mol. The largest absolute Gasteiger partial charge is 0.0622 e. The van der Waals surface area contributed by atoms with Gasteiger partial charge in [0.2, 0.25) is 0 Å². The summed E-state index contributed by atoms with van der Waals surface area (Å²) in [5.41, 5.74) is 9.81. The van der Waals surface area contributed by atoms with Crippen LogP contribution in [-0.2, 0) is 0 Å². The highest BCUT2D eigenvalue weighted by Gasteiger charge is 2.17. The summed E-state index contributed by atoms with van der Waals surface area (Å²) in [7, 11) is 0. The van der Waals surface area contributed by atoms with Crippen LogP contribution in [0.4, 0.5) is 0 Å². The van der Waals surface area contributed by atoms with Gasteiger partial charge in [0.05, 0.1) is 0 Å². The molecule has 0 nitrogen and oxygen atoms in total. The highest BCUT2D eigenvalue weighted by atomic mass is 14.2. The SMILES string of the molecule is c1ccc(-c2ccc(-c3cccc(-c4ccc5c6ccc(-c7ccccc7)cc6c6c7ccccc7c7ccccc7c6c5c4)c3)cc2)cc1. The minimum Gasteiger partial charge on any atom is -0.0622 e. The molecule has 0 atom stereocenters. The topological polar surface area (TPSA) is 0 Å². The van der Waals surface area contributed by atoms with E-state index in [1.807, 2.05) is 0 Å². The van der Waals surface area contributed by atoms with E-state index in [-0.39, 0.29) is 0 Å². The molecule has 50 heavy (non-hydrogen) atoms. The molecule has 0 bridgehead atoms. The first-order valence-electron chi connectivity index (χ1n) is 17.3. The molecule has 10 rings (SSSR count). The number of fused-ring (bicyclic) bond motifs is 11. The molecular formula is C50H32. The average Bonchev–Trinajstić information content (AvgIpc) is 3.21. The quantitative estimate of drug-likeness (QED) is 0.169. The first-order valence-corrected chi connectivity index (χ1v) is 17.3. The van der Waals surface area contributed by atoms with E-state index in [2.05, 4.69) is 194 Å². The van der Waals surface area contributed by atoms with Gasteiger partial charge in [-0.2, -0.15) is 0 Å². The zero-order chi connectivity index (χ0) is 33.0. The van der Waals surface area contributed by atoms with E-state index in [0.29, 0.717) is 0 Å². The Morgan fingerprint density at radius 2 is 0.460 bits per heavy atom. The highest BCUT2D eigenvalue weighted by Crippen LogP contribution is 2.45. The van der Waals surface area contributed by atoms with Crippen LogP contribution in [0.15, 0.2) is 194 Å². The summed E-state index contributed by atoms with van der Waals surface area (Å²) in [4.78, 5) is 0. The molecule has 0 aliphatic rings. The summed E-state index contributed by atoms with van der Waals surface area (Å²) in [6.07, 6.45) is 0. The van der Waals surface area contributed by atoms with Gasteiger partial charge in [0, 0.05) is 0 Å². The van der Waals surface area contributed by atoms with Gasteiger partial charge < -0.3 is 0 Å². The Bertz CT molecular complexity index is 2880.